The Balaban J connectivity index is 2.22. The van der Waals surface area contributed by atoms with E-state index in [-0.39, 0.29) is 17.7 Å². The summed E-state index contributed by atoms with van der Waals surface area (Å²) in [5.41, 5.74) is 2.30. The van der Waals surface area contributed by atoms with E-state index in [9.17, 15) is 23.1 Å². The summed E-state index contributed by atoms with van der Waals surface area (Å²) in [7, 11) is -3.26. The predicted molar refractivity (Wildman–Crippen MR) is 98.6 cm³/mol. The molecule has 26 heavy (non-hydrogen) atoms. The molecular weight excluding hydrogens is 356 g/mol. The van der Waals surface area contributed by atoms with Gasteiger partial charge in [-0.05, 0) is 50.8 Å². The van der Waals surface area contributed by atoms with E-state index in [1.54, 1.807) is 19.1 Å². The van der Waals surface area contributed by atoms with E-state index < -0.39 is 22.5 Å². The van der Waals surface area contributed by atoms with E-state index in [2.05, 4.69) is 0 Å². The molecule has 0 aliphatic carbocycles. The van der Waals surface area contributed by atoms with Gasteiger partial charge in [0.15, 0.2) is 0 Å². The smallest absolute Gasteiger partial charge is 0.323 e. The minimum Gasteiger partial charge on any atom is -0.480 e. The van der Waals surface area contributed by atoms with Crippen LogP contribution in [0, 0.1) is 13.8 Å². The van der Waals surface area contributed by atoms with Crippen LogP contribution in [0.15, 0.2) is 18.2 Å². The van der Waals surface area contributed by atoms with Gasteiger partial charge < -0.3 is 10.0 Å². The van der Waals surface area contributed by atoms with Gasteiger partial charge in [-0.1, -0.05) is 12.1 Å². The van der Waals surface area contributed by atoms with Gasteiger partial charge in [0.05, 0.1) is 5.75 Å². The lowest BCUT2D eigenvalue weighted by molar-refractivity contribution is -0.138. The highest BCUT2D eigenvalue weighted by atomic mass is 32.2. The van der Waals surface area contributed by atoms with Crippen molar-refractivity contribution in [2.24, 2.45) is 0 Å². The first-order valence-corrected chi connectivity index (χ1v) is 10.3. The van der Waals surface area contributed by atoms with Gasteiger partial charge in [-0.3, -0.25) is 9.59 Å². The maximum atomic E-state index is 13.0. The summed E-state index contributed by atoms with van der Waals surface area (Å²) in [4.78, 5) is 25.7. The quantitative estimate of drug-likeness (QED) is 0.807. The van der Waals surface area contributed by atoms with Crippen molar-refractivity contribution in [1.82, 2.24) is 9.21 Å². The zero-order valence-electron chi connectivity index (χ0n) is 15.4. The van der Waals surface area contributed by atoms with Crippen LogP contribution in [0.25, 0.3) is 0 Å². The molecule has 1 saturated heterocycles. The molecule has 7 nitrogen and oxygen atoms in total. The summed E-state index contributed by atoms with van der Waals surface area (Å²) >= 11 is 0. The van der Waals surface area contributed by atoms with E-state index in [4.69, 9.17) is 0 Å². The van der Waals surface area contributed by atoms with Gasteiger partial charge in [0.1, 0.15) is 6.54 Å². The molecule has 8 heteroatoms. The fourth-order valence-corrected chi connectivity index (χ4v) is 4.40. The van der Waals surface area contributed by atoms with Crippen LogP contribution in [-0.2, 0) is 14.8 Å². The summed E-state index contributed by atoms with van der Waals surface area (Å²) in [5, 5.41) is 9.25. The molecule has 0 spiro atoms. The van der Waals surface area contributed by atoms with Gasteiger partial charge >= 0.3 is 5.97 Å². The fraction of sp³-hybridized carbons (Fsp3) is 0.556. The second-order valence-corrected chi connectivity index (χ2v) is 8.86. The first kappa shape index (κ1) is 20.4. The molecule has 1 aromatic carbocycles. The molecule has 0 radical (unpaired) electrons. The maximum Gasteiger partial charge on any atom is 0.323 e. The summed E-state index contributed by atoms with van der Waals surface area (Å²) < 4.78 is 25.4. The summed E-state index contributed by atoms with van der Waals surface area (Å²) in [5.74, 6) is -1.35. The Labute approximate surface area is 154 Å². The number of rotatable bonds is 6. The average molecular weight is 382 g/mol. The molecule has 1 heterocycles. The van der Waals surface area contributed by atoms with E-state index in [1.807, 2.05) is 19.9 Å². The number of aryl methyl sites for hydroxylation is 1. The number of sulfonamides is 1. The maximum absolute atomic E-state index is 13.0. The van der Waals surface area contributed by atoms with Crippen molar-refractivity contribution in [3.05, 3.63) is 34.9 Å². The minimum absolute atomic E-state index is 0.0396. The fourth-order valence-electron chi connectivity index (χ4n) is 3.26. The number of amides is 1. The second kappa shape index (κ2) is 8.18. The Morgan fingerprint density at radius 3 is 2.38 bits per heavy atom. The molecule has 1 fully saturated rings. The third-order valence-corrected chi connectivity index (χ3v) is 6.91. The molecule has 0 unspecified atom stereocenters. The van der Waals surface area contributed by atoms with Gasteiger partial charge in [0.25, 0.3) is 5.91 Å². The zero-order valence-corrected chi connectivity index (χ0v) is 16.3. The van der Waals surface area contributed by atoms with Crippen molar-refractivity contribution in [2.75, 3.05) is 25.4 Å². The topological polar surface area (TPSA) is 95.0 Å². The Bertz CT molecular complexity index is 783. The number of carbonyl (C=O) groups excluding carboxylic acids is 1. The molecule has 1 N–H and O–H groups in total. The SMILES string of the molecule is CCS(=O)(=O)N1CCC(N(CC(=O)O)C(=O)c2cccc(C)c2C)CC1. The number of aliphatic carboxylic acids is 1. The molecule has 1 aliphatic heterocycles. The predicted octanol–water partition coefficient (Wildman–Crippen LogP) is 1.64. The lowest BCUT2D eigenvalue weighted by atomic mass is 9.99. The Hall–Kier alpha value is -1.93. The van der Waals surface area contributed by atoms with Crippen LogP contribution >= 0.6 is 0 Å². The summed E-state index contributed by atoms with van der Waals surface area (Å²) in [6.07, 6.45) is 0.867. The summed E-state index contributed by atoms with van der Waals surface area (Å²) in [6, 6.07) is 5.10. The van der Waals surface area contributed by atoms with Crippen molar-refractivity contribution in [1.29, 1.82) is 0 Å². The highest BCUT2D eigenvalue weighted by Gasteiger charge is 2.33. The van der Waals surface area contributed by atoms with E-state index in [1.165, 1.54) is 9.21 Å². The van der Waals surface area contributed by atoms with Crippen molar-refractivity contribution in [3.63, 3.8) is 0 Å². The number of hydrogen-bond acceptors (Lipinski definition) is 4. The van der Waals surface area contributed by atoms with E-state index >= 15 is 0 Å². The van der Waals surface area contributed by atoms with Crippen LogP contribution in [0.4, 0.5) is 0 Å². The highest BCUT2D eigenvalue weighted by Crippen LogP contribution is 2.23. The van der Waals surface area contributed by atoms with Gasteiger partial charge in [-0.2, -0.15) is 0 Å². The molecule has 144 valence electrons. The van der Waals surface area contributed by atoms with Crippen LogP contribution in [0.2, 0.25) is 0 Å². The lowest BCUT2D eigenvalue weighted by Gasteiger charge is -2.37. The molecule has 1 aromatic rings. The number of hydrogen-bond donors (Lipinski definition) is 1. The Kier molecular flexibility index (Phi) is 6.41. The van der Waals surface area contributed by atoms with E-state index in [0.29, 0.717) is 31.5 Å². The van der Waals surface area contributed by atoms with Crippen molar-refractivity contribution in [3.8, 4) is 0 Å². The molecule has 0 bridgehead atoms. The molecule has 0 saturated carbocycles. The van der Waals surface area contributed by atoms with Crippen LogP contribution in [-0.4, -0.2) is 66.0 Å². The van der Waals surface area contributed by atoms with Crippen LogP contribution in [0.1, 0.15) is 41.3 Å². The standard InChI is InChI=1S/C18H26N2O5S/c1-4-26(24,25)19-10-8-15(9-11-19)20(12-17(21)22)18(23)16-7-5-6-13(2)14(16)3/h5-7,15H,4,8-12H2,1-3H3,(H,21,22). The zero-order chi connectivity index (χ0) is 19.5. The third-order valence-electron chi connectivity index (χ3n) is 5.02. The molecule has 0 atom stereocenters. The molecular formula is C18H26N2O5S. The largest absolute Gasteiger partial charge is 0.480 e. The number of benzene rings is 1. The number of piperidine rings is 1. The number of nitrogens with zero attached hydrogens (tertiary/aromatic N) is 2. The second-order valence-electron chi connectivity index (χ2n) is 6.61. The van der Waals surface area contributed by atoms with Crippen LogP contribution in [0.5, 0.6) is 0 Å². The Morgan fingerprint density at radius 1 is 1.23 bits per heavy atom. The number of carbonyl (C=O) groups is 2. The van der Waals surface area contributed by atoms with Gasteiger partial charge in [0.2, 0.25) is 10.0 Å². The highest BCUT2D eigenvalue weighted by molar-refractivity contribution is 7.89. The molecule has 1 aliphatic rings. The van der Waals surface area contributed by atoms with Crippen molar-refractivity contribution < 1.29 is 23.1 Å². The van der Waals surface area contributed by atoms with Gasteiger partial charge in [0, 0.05) is 24.7 Å². The van der Waals surface area contributed by atoms with Crippen LogP contribution < -0.4 is 0 Å². The van der Waals surface area contributed by atoms with Gasteiger partial charge in [-0.15, -0.1) is 0 Å². The van der Waals surface area contributed by atoms with E-state index in [0.717, 1.165) is 11.1 Å². The number of carboxylic acid groups (broad SMARTS) is 1. The lowest BCUT2D eigenvalue weighted by Crippen LogP contribution is -2.50. The van der Waals surface area contributed by atoms with Crippen LogP contribution in [0.3, 0.4) is 0 Å². The Morgan fingerprint density at radius 2 is 1.85 bits per heavy atom. The minimum atomic E-state index is -3.26. The number of carboxylic acids is 1. The first-order chi connectivity index (χ1) is 12.2. The normalized spacial score (nSPS) is 16.4. The van der Waals surface area contributed by atoms with Gasteiger partial charge in [-0.25, -0.2) is 12.7 Å². The van der Waals surface area contributed by atoms with Crippen molar-refractivity contribution >= 4 is 21.9 Å². The third kappa shape index (κ3) is 4.42. The summed E-state index contributed by atoms with van der Waals surface area (Å²) in [6.45, 7) is 5.56. The molecule has 2 rings (SSSR count). The first-order valence-electron chi connectivity index (χ1n) is 8.74. The molecule has 0 aromatic heterocycles. The molecule has 1 amide bonds. The average Bonchev–Trinajstić information content (AvgIpc) is 2.61. The monoisotopic (exact) mass is 382 g/mol. The van der Waals surface area contributed by atoms with Crippen molar-refractivity contribution in [2.45, 2.75) is 39.7 Å².